The van der Waals surface area contributed by atoms with Gasteiger partial charge in [-0.3, -0.25) is 4.72 Å². The third-order valence-corrected chi connectivity index (χ3v) is 4.37. The first-order valence-electron chi connectivity index (χ1n) is 6.80. The quantitative estimate of drug-likeness (QED) is 0.859. The van der Waals surface area contributed by atoms with Crippen LogP contribution in [0.3, 0.4) is 0 Å². The fourth-order valence-corrected chi connectivity index (χ4v) is 3.06. The van der Waals surface area contributed by atoms with Crippen molar-refractivity contribution in [2.75, 3.05) is 17.1 Å². The minimum Gasteiger partial charge on any atom is -0.388 e. The van der Waals surface area contributed by atoms with Gasteiger partial charge < -0.3 is 9.88 Å². The van der Waals surface area contributed by atoms with Crippen LogP contribution in [-0.2, 0) is 16.6 Å². The second kappa shape index (κ2) is 6.17. The van der Waals surface area contributed by atoms with Crippen molar-refractivity contribution >= 4 is 21.4 Å². The zero-order chi connectivity index (χ0) is 15.5. The Hall–Kier alpha value is -2.02. The summed E-state index contributed by atoms with van der Waals surface area (Å²) in [7, 11) is -1.85. The molecule has 0 bridgehead atoms. The molecule has 0 fully saturated rings. The fraction of sp³-hybridized carbons (Fsp3) is 0.357. The molecule has 0 saturated carbocycles. The Morgan fingerprint density at radius 3 is 2.38 bits per heavy atom. The van der Waals surface area contributed by atoms with Gasteiger partial charge in [0, 0.05) is 31.2 Å². The molecule has 114 valence electrons. The van der Waals surface area contributed by atoms with E-state index in [9.17, 15) is 8.42 Å². The lowest BCUT2D eigenvalue weighted by Gasteiger charge is -2.06. The predicted molar refractivity (Wildman–Crippen MR) is 84.1 cm³/mol. The van der Waals surface area contributed by atoms with Gasteiger partial charge in [-0.1, -0.05) is 6.92 Å². The van der Waals surface area contributed by atoms with Crippen molar-refractivity contribution in [1.29, 1.82) is 0 Å². The van der Waals surface area contributed by atoms with Gasteiger partial charge in [0.15, 0.2) is 5.03 Å². The van der Waals surface area contributed by atoms with Crippen LogP contribution < -0.4 is 10.0 Å². The van der Waals surface area contributed by atoms with Crippen LogP contribution in [0.2, 0.25) is 0 Å². The summed E-state index contributed by atoms with van der Waals surface area (Å²) in [5.74, 6) is 0.697. The number of nitrogens with one attached hydrogen (secondary N) is 2. The van der Waals surface area contributed by atoms with Gasteiger partial charge in [0.05, 0.1) is 0 Å². The Morgan fingerprint density at radius 2 is 1.81 bits per heavy atom. The molecule has 0 amide bonds. The van der Waals surface area contributed by atoms with E-state index in [0.29, 0.717) is 11.5 Å². The van der Waals surface area contributed by atoms with E-state index in [1.807, 2.05) is 18.5 Å². The molecule has 1 aromatic heterocycles. The molecule has 0 atom stereocenters. The maximum atomic E-state index is 12.3. The van der Waals surface area contributed by atoms with Crippen LogP contribution in [0.25, 0.3) is 0 Å². The molecule has 0 spiro atoms. The van der Waals surface area contributed by atoms with E-state index in [4.69, 9.17) is 0 Å². The van der Waals surface area contributed by atoms with Gasteiger partial charge in [0.1, 0.15) is 5.82 Å². The van der Waals surface area contributed by atoms with Gasteiger partial charge in [-0.05, 0) is 37.6 Å². The van der Waals surface area contributed by atoms with E-state index in [1.165, 1.54) is 0 Å². The molecule has 1 aromatic carbocycles. The Balaban J connectivity index is 2.22. The SMILES string of the molecule is CCCn1cc(S(=O)(=O)Nc2ccc(NC)cc2)nc1C. The number of rotatable bonds is 6. The second-order valence-corrected chi connectivity index (χ2v) is 6.38. The molecule has 6 nitrogen and oxygen atoms in total. The molecule has 0 saturated heterocycles. The number of anilines is 2. The van der Waals surface area contributed by atoms with E-state index < -0.39 is 10.0 Å². The minimum absolute atomic E-state index is 0.0474. The third kappa shape index (κ3) is 3.55. The number of hydrogen-bond acceptors (Lipinski definition) is 4. The molecule has 1 heterocycles. The van der Waals surface area contributed by atoms with Gasteiger partial charge in [-0.15, -0.1) is 0 Å². The van der Waals surface area contributed by atoms with Crippen molar-refractivity contribution in [2.24, 2.45) is 0 Å². The lowest BCUT2D eigenvalue weighted by Crippen LogP contribution is -2.13. The van der Waals surface area contributed by atoms with Gasteiger partial charge in [-0.2, -0.15) is 8.42 Å². The second-order valence-electron chi connectivity index (χ2n) is 4.75. The van der Waals surface area contributed by atoms with Crippen LogP contribution in [0, 0.1) is 6.92 Å². The summed E-state index contributed by atoms with van der Waals surface area (Å²) in [5, 5.41) is 3.03. The summed E-state index contributed by atoms with van der Waals surface area (Å²) in [6, 6.07) is 7.02. The van der Waals surface area contributed by atoms with Crippen molar-refractivity contribution in [2.45, 2.75) is 31.8 Å². The molecule has 2 aromatic rings. The molecule has 0 aliphatic carbocycles. The van der Waals surface area contributed by atoms with E-state index in [-0.39, 0.29) is 5.03 Å². The monoisotopic (exact) mass is 308 g/mol. The average Bonchev–Trinajstić information content (AvgIpc) is 2.82. The van der Waals surface area contributed by atoms with E-state index in [1.54, 1.807) is 37.4 Å². The molecular weight excluding hydrogens is 288 g/mol. The molecular formula is C14H20N4O2S. The van der Waals surface area contributed by atoms with E-state index in [2.05, 4.69) is 15.0 Å². The first-order chi connectivity index (χ1) is 9.96. The van der Waals surface area contributed by atoms with Crippen LogP contribution in [0.15, 0.2) is 35.5 Å². The average molecular weight is 308 g/mol. The Bertz CT molecular complexity index is 705. The summed E-state index contributed by atoms with van der Waals surface area (Å²) in [6.45, 7) is 4.59. The third-order valence-electron chi connectivity index (χ3n) is 3.12. The molecule has 0 aliphatic rings. The minimum atomic E-state index is -3.66. The van der Waals surface area contributed by atoms with Crippen LogP contribution >= 0.6 is 0 Å². The standard InChI is InChI=1S/C14H20N4O2S/c1-4-9-18-10-14(16-11(18)2)21(19,20)17-13-7-5-12(15-3)6-8-13/h5-8,10,15,17H,4,9H2,1-3H3. The summed E-state index contributed by atoms with van der Waals surface area (Å²) >= 11 is 0. The van der Waals surface area contributed by atoms with Crippen LogP contribution in [0.4, 0.5) is 11.4 Å². The van der Waals surface area contributed by atoms with Crippen molar-refractivity contribution in [3.05, 3.63) is 36.3 Å². The molecule has 7 heteroatoms. The molecule has 0 unspecified atom stereocenters. The first-order valence-corrected chi connectivity index (χ1v) is 8.29. The Labute approximate surface area is 125 Å². The van der Waals surface area contributed by atoms with Gasteiger partial charge in [-0.25, -0.2) is 4.98 Å². The smallest absolute Gasteiger partial charge is 0.280 e. The lowest BCUT2D eigenvalue weighted by atomic mass is 10.3. The van der Waals surface area contributed by atoms with Crippen molar-refractivity contribution < 1.29 is 8.42 Å². The van der Waals surface area contributed by atoms with Crippen LogP contribution in [0.5, 0.6) is 0 Å². The summed E-state index contributed by atoms with van der Waals surface area (Å²) in [5.41, 5.74) is 1.43. The number of hydrogen-bond donors (Lipinski definition) is 2. The fourth-order valence-electron chi connectivity index (χ4n) is 1.99. The maximum Gasteiger partial charge on any atom is 0.280 e. The number of benzene rings is 1. The zero-order valence-corrected chi connectivity index (χ0v) is 13.2. The molecule has 21 heavy (non-hydrogen) atoms. The molecule has 0 aliphatic heterocycles. The zero-order valence-electron chi connectivity index (χ0n) is 12.4. The Kier molecular flexibility index (Phi) is 4.52. The Morgan fingerprint density at radius 1 is 1.19 bits per heavy atom. The van der Waals surface area contributed by atoms with Crippen molar-refractivity contribution in [3.63, 3.8) is 0 Å². The predicted octanol–water partition coefficient (Wildman–Crippen LogP) is 2.44. The number of sulfonamides is 1. The topological polar surface area (TPSA) is 76.0 Å². The summed E-state index contributed by atoms with van der Waals surface area (Å²) in [6.07, 6.45) is 2.50. The summed E-state index contributed by atoms with van der Waals surface area (Å²) < 4.78 is 29.0. The largest absolute Gasteiger partial charge is 0.388 e. The first kappa shape index (κ1) is 15.4. The maximum absolute atomic E-state index is 12.3. The van der Waals surface area contributed by atoms with Crippen LogP contribution in [0.1, 0.15) is 19.2 Å². The summed E-state index contributed by atoms with van der Waals surface area (Å²) in [4.78, 5) is 4.13. The van der Waals surface area contributed by atoms with Crippen molar-refractivity contribution in [1.82, 2.24) is 9.55 Å². The van der Waals surface area contributed by atoms with E-state index in [0.717, 1.165) is 18.7 Å². The molecule has 0 radical (unpaired) electrons. The highest BCUT2D eigenvalue weighted by molar-refractivity contribution is 7.92. The van der Waals surface area contributed by atoms with Gasteiger partial charge in [0.2, 0.25) is 0 Å². The van der Waals surface area contributed by atoms with Gasteiger partial charge in [0.25, 0.3) is 10.0 Å². The highest BCUT2D eigenvalue weighted by atomic mass is 32.2. The number of aromatic nitrogens is 2. The van der Waals surface area contributed by atoms with Gasteiger partial charge >= 0.3 is 0 Å². The number of aryl methyl sites for hydroxylation is 2. The normalized spacial score (nSPS) is 11.4. The highest BCUT2D eigenvalue weighted by Crippen LogP contribution is 2.18. The number of nitrogens with zero attached hydrogens (tertiary/aromatic N) is 2. The van der Waals surface area contributed by atoms with E-state index >= 15 is 0 Å². The van der Waals surface area contributed by atoms with Crippen molar-refractivity contribution in [3.8, 4) is 0 Å². The molecule has 2 N–H and O–H groups in total. The number of imidazole rings is 1. The highest BCUT2D eigenvalue weighted by Gasteiger charge is 2.19. The van der Waals surface area contributed by atoms with Crippen LogP contribution in [-0.4, -0.2) is 25.0 Å². The lowest BCUT2D eigenvalue weighted by molar-refractivity contribution is 0.597. The molecule has 2 rings (SSSR count).